The van der Waals surface area contributed by atoms with Crippen LogP contribution in [0, 0.1) is 18.8 Å². The minimum Gasteiger partial charge on any atom is -0.399 e. The summed E-state index contributed by atoms with van der Waals surface area (Å²) in [5.74, 6) is 5.25. The molecule has 4 nitrogen and oxygen atoms in total. The zero-order valence-electron chi connectivity index (χ0n) is 9.24. The van der Waals surface area contributed by atoms with Crippen LogP contribution in [0.15, 0.2) is 23.1 Å². The third kappa shape index (κ3) is 2.99. The smallest absolute Gasteiger partial charge is 0.241 e. The highest BCUT2D eigenvalue weighted by atomic mass is 32.2. The number of benzene rings is 1. The number of aryl methyl sites for hydroxylation is 1. The predicted molar refractivity (Wildman–Crippen MR) is 64.2 cm³/mol. The van der Waals surface area contributed by atoms with Gasteiger partial charge in [-0.1, -0.05) is 5.92 Å². The number of nitrogens with one attached hydrogen (secondary N) is 1. The maximum atomic E-state index is 11.8. The van der Waals surface area contributed by atoms with E-state index in [0.29, 0.717) is 5.69 Å². The SMILES string of the molecule is CC#CCNS(=O)(=O)c1ccc(N)c(C)c1. The fourth-order valence-corrected chi connectivity index (χ4v) is 2.13. The van der Waals surface area contributed by atoms with Crippen molar-refractivity contribution in [1.82, 2.24) is 4.72 Å². The maximum Gasteiger partial charge on any atom is 0.241 e. The Morgan fingerprint density at radius 2 is 2.12 bits per heavy atom. The highest BCUT2D eigenvalue weighted by molar-refractivity contribution is 7.89. The van der Waals surface area contributed by atoms with Gasteiger partial charge in [0.2, 0.25) is 10.0 Å². The summed E-state index contributed by atoms with van der Waals surface area (Å²) < 4.78 is 25.9. The average Bonchev–Trinajstić information content (AvgIpc) is 2.22. The first-order chi connectivity index (χ1) is 7.47. The van der Waals surface area contributed by atoms with Crippen LogP contribution in [-0.4, -0.2) is 15.0 Å². The van der Waals surface area contributed by atoms with E-state index < -0.39 is 10.0 Å². The monoisotopic (exact) mass is 238 g/mol. The fraction of sp³-hybridized carbons (Fsp3) is 0.273. The number of nitrogen functional groups attached to an aromatic ring is 1. The molecule has 0 bridgehead atoms. The molecule has 86 valence electrons. The summed E-state index contributed by atoms with van der Waals surface area (Å²) in [5.41, 5.74) is 6.93. The molecule has 1 aromatic carbocycles. The lowest BCUT2D eigenvalue weighted by Crippen LogP contribution is -2.24. The van der Waals surface area contributed by atoms with Crippen LogP contribution in [0.2, 0.25) is 0 Å². The molecular weight excluding hydrogens is 224 g/mol. The Morgan fingerprint density at radius 3 is 2.69 bits per heavy atom. The highest BCUT2D eigenvalue weighted by Crippen LogP contribution is 2.16. The Balaban J connectivity index is 2.97. The van der Waals surface area contributed by atoms with Crippen molar-refractivity contribution in [2.24, 2.45) is 0 Å². The third-order valence-electron chi connectivity index (χ3n) is 2.08. The molecule has 0 amide bonds. The molecule has 0 unspecified atom stereocenters. The molecule has 0 radical (unpaired) electrons. The molecule has 0 atom stereocenters. The molecule has 5 heteroatoms. The Hall–Kier alpha value is -1.51. The standard InChI is InChI=1S/C11H14N2O2S/c1-3-4-7-13-16(14,15)10-5-6-11(12)9(2)8-10/h5-6,8,13H,7,12H2,1-2H3. The van der Waals surface area contributed by atoms with Crippen molar-refractivity contribution in [3.05, 3.63) is 23.8 Å². The van der Waals surface area contributed by atoms with Crippen LogP contribution in [0.5, 0.6) is 0 Å². The van der Waals surface area contributed by atoms with Gasteiger partial charge in [-0.2, -0.15) is 4.72 Å². The Kier molecular flexibility index (Phi) is 3.93. The Bertz CT molecular complexity index is 539. The van der Waals surface area contributed by atoms with Gasteiger partial charge in [-0.15, -0.1) is 5.92 Å². The lowest BCUT2D eigenvalue weighted by Gasteiger charge is -2.06. The van der Waals surface area contributed by atoms with Gasteiger partial charge in [0.15, 0.2) is 0 Å². The van der Waals surface area contributed by atoms with Crippen molar-refractivity contribution in [2.75, 3.05) is 12.3 Å². The molecule has 1 rings (SSSR count). The number of nitrogens with two attached hydrogens (primary N) is 1. The maximum absolute atomic E-state index is 11.8. The van der Waals surface area contributed by atoms with Crippen molar-refractivity contribution >= 4 is 15.7 Å². The lowest BCUT2D eigenvalue weighted by atomic mass is 10.2. The van der Waals surface area contributed by atoms with E-state index in [2.05, 4.69) is 16.6 Å². The minimum absolute atomic E-state index is 0.113. The Morgan fingerprint density at radius 1 is 1.44 bits per heavy atom. The van der Waals surface area contributed by atoms with E-state index >= 15 is 0 Å². The van der Waals surface area contributed by atoms with Crippen LogP contribution in [0.25, 0.3) is 0 Å². The van der Waals surface area contributed by atoms with Crippen LogP contribution < -0.4 is 10.5 Å². The second-order valence-electron chi connectivity index (χ2n) is 3.27. The van der Waals surface area contributed by atoms with E-state index in [1.165, 1.54) is 12.1 Å². The lowest BCUT2D eigenvalue weighted by molar-refractivity contribution is 0.586. The molecule has 0 spiro atoms. The van der Waals surface area contributed by atoms with E-state index in [1.807, 2.05) is 0 Å². The summed E-state index contributed by atoms with van der Waals surface area (Å²) in [6.07, 6.45) is 0. The topological polar surface area (TPSA) is 72.2 Å². The Labute approximate surface area is 95.9 Å². The quantitative estimate of drug-likeness (QED) is 0.606. The van der Waals surface area contributed by atoms with Crippen molar-refractivity contribution in [3.8, 4) is 11.8 Å². The molecule has 0 aliphatic heterocycles. The molecule has 0 aromatic heterocycles. The summed E-state index contributed by atoms with van der Waals surface area (Å²) in [6.45, 7) is 3.53. The van der Waals surface area contributed by atoms with Gasteiger partial charge in [-0.3, -0.25) is 0 Å². The summed E-state index contributed by atoms with van der Waals surface area (Å²) in [7, 11) is -3.48. The second kappa shape index (κ2) is 5.01. The number of sulfonamides is 1. The van der Waals surface area contributed by atoms with Crippen molar-refractivity contribution in [1.29, 1.82) is 0 Å². The average molecular weight is 238 g/mol. The number of hydrogen-bond acceptors (Lipinski definition) is 3. The zero-order valence-corrected chi connectivity index (χ0v) is 10.1. The molecule has 0 aliphatic rings. The van der Waals surface area contributed by atoms with Gasteiger partial charge >= 0.3 is 0 Å². The van der Waals surface area contributed by atoms with Crippen LogP contribution in [0.3, 0.4) is 0 Å². The van der Waals surface area contributed by atoms with Gasteiger partial charge in [-0.25, -0.2) is 8.42 Å². The molecule has 0 saturated heterocycles. The van der Waals surface area contributed by atoms with Gasteiger partial charge in [-0.05, 0) is 37.6 Å². The van der Waals surface area contributed by atoms with Crippen molar-refractivity contribution in [2.45, 2.75) is 18.7 Å². The number of rotatable bonds is 3. The first-order valence-electron chi connectivity index (χ1n) is 4.73. The second-order valence-corrected chi connectivity index (χ2v) is 5.04. The molecule has 3 N–H and O–H groups in total. The largest absolute Gasteiger partial charge is 0.399 e. The fourth-order valence-electron chi connectivity index (χ4n) is 1.12. The summed E-state index contributed by atoms with van der Waals surface area (Å²) in [5, 5.41) is 0. The van der Waals surface area contributed by atoms with Gasteiger partial charge in [0.1, 0.15) is 0 Å². The van der Waals surface area contributed by atoms with Gasteiger partial charge in [0, 0.05) is 5.69 Å². The molecule has 0 saturated carbocycles. The van der Waals surface area contributed by atoms with Crippen molar-refractivity contribution in [3.63, 3.8) is 0 Å². The van der Waals surface area contributed by atoms with Crippen LogP contribution >= 0.6 is 0 Å². The normalized spacial score (nSPS) is 10.6. The molecule has 0 heterocycles. The van der Waals surface area contributed by atoms with E-state index in [-0.39, 0.29) is 11.4 Å². The van der Waals surface area contributed by atoms with Crippen LogP contribution in [0.1, 0.15) is 12.5 Å². The zero-order chi connectivity index (χ0) is 12.2. The molecule has 1 aromatic rings. The first kappa shape index (κ1) is 12.6. The molecular formula is C11H14N2O2S. The van der Waals surface area contributed by atoms with Gasteiger partial charge in [0.25, 0.3) is 0 Å². The molecule has 16 heavy (non-hydrogen) atoms. The third-order valence-corrected chi connectivity index (χ3v) is 3.48. The van der Waals surface area contributed by atoms with Crippen LogP contribution in [-0.2, 0) is 10.0 Å². The van der Waals surface area contributed by atoms with Crippen LogP contribution in [0.4, 0.5) is 5.69 Å². The minimum atomic E-state index is -3.48. The van der Waals surface area contributed by atoms with E-state index in [4.69, 9.17) is 5.73 Å². The summed E-state index contributed by atoms with van der Waals surface area (Å²) >= 11 is 0. The predicted octanol–water partition coefficient (Wildman–Crippen LogP) is 0.879. The van der Waals surface area contributed by atoms with Crippen molar-refractivity contribution < 1.29 is 8.42 Å². The van der Waals surface area contributed by atoms with E-state index in [9.17, 15) is 8.42 Å². The number of hydrogen-bond donors (Lipinski definition) is 2. The molecule has 0 fully saturated rings. The van der Waals surface area contributed by atoms with E-state index in [0.717, 1.165) is 5.56 Å². The highest BCUT2D eigenvalue weighted by Gasteiger charge is 2.13. The van der Waals surface area contributed by atoms with E-state index in [1.54, 1.807) is 19.9 Å². The summed E-state index contributed by atoms with van der Waals surface area (Å²) in [6, 6.07) is 4.59. The summed E-state index contributed by atoms with van der Waals surface area (Å²) in [4.78, 5) is 0.206. The first-order valence-corrected chi connectivity index (χ1v) is 6.21. The number of anilines is 1. The van der Waals surface area contributed by atoms with Gasteiger partial charge < -0.3 is 5.73 Å². The molecule has 0 aliphatic carbocycles. The van der Waals surface area contributed by atoms with Gasteiger partial charge in [0.05, 0.1) is 11.4 Å².